The molecule has 44 heteroatoms. The van der Waals surface area contributed by atoms with Crippen molar-refractivity contribution in [2.75, 3.05) is 56.9 Å². The first kappa shape index (κ1) is 127. The molecule has 0 saturated heterocycles. The molecule has 0 atom stereocenters. The summed E-state index contributed by atoms with van der Waals surface area (Å²) in [4.78, 5) is 54.9. The molecule has 0 fully saturated rings. The number of rotatable bonds is 31. The van der Waals surface area contributed by atoms with Crippen molar-refractivity contribution in [3.8, 4) is 0 Å². The van der Waals surface area contributed by atoms with E-state index in [1.165, 1.54) is 0 Å². The Hall–Kier alpha value is 0.405. The molecule has 0 saturated carbocycles. The normalized spacial score (nSPS) is 13.8. The summed E-state index contributed by atoms with van der Waals surface area (Å²) in [5.74, 6) is 0. The molecule has 0 amide bonds. The monoisotopic (exact) mass is 1930 g/mol. The van der Waals surface area contributed by atoms with Crippen molar-refractivity contribution in [2.24, 2.45) is 0 Å². The van der Waals surface area contributed by atoms with E-state index >= 15 is 0 Å². The van der Waals surface area contributed by atoms with E-state index in [1.54, 1.807) is 56.9 Å². The fraction of sp³-hybridized carbons (Fsp3) is 0.750. The van der Waals surface area contributed by atoms with Gasteiger partial charge in [-0.1, -0.05) is 203 Å². The van der Waals surface area contributed by atoms with Gasteiger partial charge in [-0.15, -0.1) is 45.6 Å². The lowest BCUT2D eigenvalue weighted by atomic mass is 11.2. The van der Waals surface area contributed by atoms with Gasteiger partial charge in [0.2, 0.25) is 66.5 Å². The van der Waals surface area contributed by atoms with Crippen LogP contribution in [0.25, 0.3) is 0 Å². The van der Waals surface area contributed by atoms with Gasteiger partial charge in [-0.2, -0.15) is 0 Å². The third-order valence-electron chi connectivity index (χ3n) is 14.6. The minimum atomic E-state index is -5.60. The molecule has 0 bridgehead atoms. The van der Waals surface area contributed by atoms with Crippen LogP contribution in [0.3, 0.4) is 0 Å². The molecule has 0 unspecified atom stereocenters. The Balaban J connectivity index is -0.000000147. The van der Waals surface area contributed by atoms with Gasteiger partial charge in [0.15, 0.2) is 0 Å². The lowest BCUT2D eigenvalue weighted by molar-refractivity contribution is 0.415. The van der Waals surface area contributed by atoms with Crippen LogP contribution in [0.15, 0.2) is 91.2 Å². The van der Waals surface area contributed by atoms with E-state index in [1.807, 2.05) is 0 Å². The van der Waals surface area contributed by atoms with Gasteiger partial charge in [0, 0.05) is 56.9 Å². The Morgan fingerprint density at radius 2 is 0.222 bits per heavy atom. The van der Waals surface area contributed by atoms with E-state index in [4.69, 9.17) is 64.2 Å². The molecule has 0 rings (SSSR count). The van der Waals surface area contributed by atoms with Crippen LogP contribution in [0.4, 0.5) is 0 Å². The molecule has 0 aromatic heterocycles. The highest BCUT2D eigenvalue weighted by atomic mass is 30.4. The fourth-order valence-electron chi connectivity index (χ4n) is 5.66. The molecule has 0 aromatic carbocycles. The highest BCUT2D eigenvalue weighted by Crippen LogP contribution is 2.20. The van der Waals surface area contributed by atoms with Crippen molar-refractivity contribution < 1.29 is 91.0 Å². The summed E-state index contributed by atoms with van der Waals surface area (Å²) in [7, 11) is -32.1. The predicted octanol–water partition coefficient (Wildman–Crippen LogP) is 15.4. The van der Waals surface area contributed by atoms with E-state index in [0.29, 0.717) is 0 Å². The predicted molar refractivity (Wildman–Crippen MR) is 519 cm³/mol. The number of hydrogen-bond acceptors (Lipinski definition) is 14. The summed E-state index contributed by atoms with van der Waals surface area (Å²) >= 11 is 0. The molecule has 0 radical (unpaired) electrons. The zero-order valence-electron chi connectivity index (χ0n) is 77.6. The molecule has 20 nitrogen and oxygen atoms in total. The molecule has 0 aliphatic heterocycles. The third-order valence-corrected chi connectivity index (χ3v) is 138. The van der Waals surface area contributed by atoms with Crippen molar-refractivity contribution in [2.45, 2.75) is 262 Å². The zero-order chi connectivity index (χ0) is 89.4. The van der Waals surface area contributed by atoms with E-state index < -0.39 is 194 Å². The number of hydrogen-bond donors (Lipinski definition) is 6. The smallest absolute Gasteiger partial charge is 0.483 e. The minimum absolute atomic E-state index is 1.01. The van der Waals surface area contributed by atoms with Gasteiger partial charge in [0.05, 0.1) is 64.6 Å². The molecule has 6 N–H and O–H groups in total. The Kier molecular flexibility index (Phi) is 63.0. The maximum atomic E-state index is 11.4. The highest BCUT2D eigenvalue weighted by molar-refractivity contribution is 8.14. The topological polar surface area (TPSA) is 298 Å². The average Bonchev–Trinajstić information content (AvgIpc) is 0.714. The van der Waals surface area contributed by atoms with Gasteiger partial charge < -0.3 is 91.0 Å². The average molecular weight is 1930 g/mol. The summed E-state index contributed by atoms with van der Waals surface area (Å²) in [5, 5.41) is 0. The van der Waals surface area contributed by atoms with Crippen LogP contribution in [0.1, 0.15) is 0 Å². The van der Waals surface area contributed by atoms with Gasteiger partial charge in [-0.3, -0.25) is 0 Å². The van der Waals surface area contributed by atoms with Gasteiger partial charge in [0.25, 0.3) is 0 Å². The standard InChI is InChI=1S/8C8H20OSi2.H6O12Si8/c8*1-9-11(5,6)8-7-10(2,3)4;1-13(2)19(14(3)4,15(5)6)20(16(7)8,17(9)10)18(11)12/h8*7-8H,1-6H3;1,3,5,7,9,11H/b8*8-7+;. The van der Waals surface area contributed by atoms with Crippen molar-refractivity contribution in [1.29, 1.82) is 0 Å². The van der Waals surface area contributed by atoms with Crippen LogP contribution in [0.2, 0.25) is 262 Å². The van der Waals surface area contributed by atoms with E-state index in [2.05, 4.69) is 353 Å². The van der Waals surface area contributed by atoms with E-state index in [9.17, 15) is 26.8 Å². The molecule has 0 aromatic rings. The molecule has 0 spiro atoms. The quantitative estimate of drug-likeness (QED) is 0.0352. The Labute approximate surface area is 688 Å². The maximum absolute atomic E-state index is 11.4. The first-order valence-corrected chi connectivity index (χ1v) is 108. The van der Waals surface area contributed by atoms with E-state index in [0.717, 1.165) is 0 Å². The molecule has 108 heavy (non-hydrogen) atoms. The lowest BCUT2D eigenvalue weighted by Gasteiger charge is -2.23. The van der Waals surface area contributed by atoms with Gasteiger partial charge in [-0.25, -0.2) is 0 Å². The van der Waals surface area contributed by atoms with Crippen molar-refractivity contribution in [1.82, 2.24) is 0 Å². The first-order chi connectivity index (χ1) is 47.1. The van der Waals surface area contributed by atoms with Crippen LogP contribution in [0.5, 0.6) is 0 Å². The molecular formula is C64H166O20Si24. The molecular weight excluding hydrogens is 1760 g/mol. The SMILES string of the molecule is CO[Si](C)(C)/C=C/[Si](C)(C)C.CO[Si](C)(C)/C=C/[Si](C)(C)C.CO[Si](C)(C)/C=C/[Si](C)(C)C.CO[Si](C)(C)/C=C/[Si](C)(C)C.CO[Si](C)(C)/C=C/[Si](C)(C)C.CO[Si](C)(C)/C=C/[Si](C)(C)C.CO[Si](C)(C)/C=C/[Si](C)(C)C.CO[Si](C)(C)/C=C/[Si](C)(C)C.O=[Si](O)[Si]([Si](=O)O)([Si](=O)O)[Si]([Si](=O)O)([Si](=O)O)[Si](=O)O. The molecule has 0 aliphatic rings. The van der Waals surface area contributed by atoms with Gasteiger partial charge in [0.1, 0.15) is 0 Å². The van der Waals surface area contributed by atoms with Crippen molar-refractivity contribution in [3.05, 3.63) is 91.2 Å². The molecule has 638 valence electrons. The highest BCUT2D eigenvalue weighted by Gasteiger charge is 2.91. The summed E-state index contributed by atoms with van der Waals surface area (Å²) in [6.45, 7) is 91.5. The van der Waals surface area contributed by atoms with Gasteiger partial charge in [-0.05, 0) is 105 Å². The molecule has 0 aliphatic carbocycles. The van der Waals surface area contributed by atoms with Gasteiger partial charge >= 0.3 is 63.0 Å². The zero-order valence-corrected chi connectivity index (χ0v) is 102. The Bertz CT molecular complexity index is 2340. The summed E-state index contributed by atoms with van der Waals surface area (Å²) in [6.07, 6.45) is -11.2. The summed E-state index contributed by atoms with van der Waals surface area (Å²) in [5.41, 5.74) is 37.5. The second-order valence-electron chi connectivity index (χ2n) is 39.4. The van der Waals surface area contributed by atoms with Crippen LogP contribution in [-0.4, -0.2) is 280 Å². The van der Waals surface area contributed by atoms with Crippen LogP contribution in [0, 0.1) is 0 Å². The summed E-state index contributed by atoms with van der Waals surface area (Å²) < 4.78 is 112. The lowest BCUT2D eigenvalue weighted by Crippen LogP contribution is -2.91. The fourth-order valence-corrected chi connectivity index (χ4v) is 127. The Morgan fingerprint density at radius 3 is 0.259 bits per heavy atom. The van der Waals surface area contributed by atoms with E-state index in [-0.39, 0.29) is 0 Å². The molecule has 0 heterocycles. The van der Waals surface area contributed by atoms with Crippen molar-refractivity contribution in [3.63, 3.8) is 0 Å². The Morgan fingerprint density at radius 1 is 0.157 bits per heavy atom. The van der Waals surface area contributed by atoms with Crippen LogP contribution < -0.4 is 0 Å². The second-order valence-corrected chi connectivity index (χ2v) is 162. The second kappa shape index (κ2) is 53.8. The largest absolute Gasteiger partial charge is 0.542 e. The summed E-state index contributed by atoms with van der Waals surface area (Å²) in [6, 6.07) is 0. The third kappa shape index (κ3) is 75.2. The maximum Gasteiger partial charge on any atom is 0.483 e. The van der Waals surface area contributed by atoms with Crippen LogP contribution >= 0.6 is 0 Å². The van der Waals surface area contributed by atoms with Crippen LogP contribution in [-0.2, 0) is 62.2 Å². The van der Waals surface area contributed by atoms with Crippen molar-refractivity contribution >= 4 is 194 Å². The minimum Gasteiger partial charge on any atom is -0.542 e. The first-order valence-electron chi connectivity index (χ1n) is 36.5.